The van der Waals surface area contributed by atoms with Gasteiger partial charge >= 0.3 is 0 Å². The molecular formula is C36H41IO2. The van der Waals surface area contributed by atoms with Crippen molar-refractivity contribution in [3.05, 3.63) is 135 Å². The van der Waals surface area contributed by atoms with Crippen LogP contribution in [0, 0.1) is 8.99 Å². The van der Waals surface area contributed by atoms with Crippen molar-refractivity contribution in [3.8, 4) is 5.75 Å². The lowest BCUT2D eigenvalue weighted by molar-refractivity contribution is 0.280. The molecule has 0 aliphatic heterocycles. The third-order valence-corrected chi connectivity index (χ3v) is 8.53. The molecule has 4 rings (SSSR count). The number of hydrogen-bond acceptors (Lipinski definition) is 2. The normalized spacial score (nSPS) is 14.0. The van der Waals surface area contributed by atoms with Crippen LogP contribution in [0.4, 0.5) is 0 Å². The van der Waals surface area contributed by atoms with Crippen molar-refractivity contribution < 1.29 is 9.84 Å². The van der Waals surface area contributed by atoms with Gasteiger partial charge < -0.3 is 9.84 Å². The molecule has 4 aromatic carbocycles. The summed E-state index contributed by atoms with van der Waals surface area (Å²) in [4.78, 5) is 0. The van der Waals surface area contributed by atoms with Crippen LogP contribution in [0.2, 0.25) is 0 Å². The van der Waals surface area contributed by atoms with Crippen molar-refractivity contribution in [2.75, 3.05) is 0 Å². The molecule has 3 atom stereocenters. The first-order valence-corrected chi connectivity index (χ1v) is 15.0. The lowest BCUT2D eigenvalue weighted by atomic mass is 9.69. The van der Waals surface area contributed by atoms with Gasteiger partial charge in [0.15, 0.2) is 0 Å². The highest BCUT2D eigenvalue weighted by atomic mass is 127. The molecule has 0 aliphatic rings. The van der Waals surface area contributed by atoms with Crippen LogP contribution in [-0.2, 0) is 13.2 Å². The standard InChI is InChI=1S/C36H41IO2/c1-26(29-16-18-33(37)19-17-29)22-32(30-8-6-5-7-9-30)23-35(36(2,3)4)31-14-10-28(11-15-31)25-39-34-20-12-27(24-38)13-21-34/h5-21,26,32,35,38H,22-25H2,1-4H3. The largest absolute Gasteiger partial charge is 0.489 e. The third kappa shape index (κ3) is 8.43. The highest BCUT2D eigenvalue weighted by Crippen LogP contribution is 2.45. The molecule has 0 spiro atoms. The van der Waals surface area contributed by atoms with Gasteiger partial charge in [0.05, 0.1) is 6.61 Å². The molecule has 0 bridgehead atoms. The van der Waals surface area contributed by atoms with Gasteiger partial charge in [0.1, 0.15) is 12.4 Å². The summed E-state index contributed by atoms with van der Waals surface area (Å²) in [6.07, 6.45) is 2.23. The maximum atomic E-state index is 9.25. The Labute approximate surface area is 248 Å². The van der Waals surface area contributed by atoms with E-state index in [4.69, 9.17) is 4.74 Å². The summed E-state index contributed by atoms with van der Waals surface area (Å²) in [6, 6.07) is 36.7. The summed E-state index contributed by atoms with van der Waals surface area (Å²) in [6.45, 7) is 10.1. The maximum absolute atomic E-state index is 9.25. The van der Waals surface area contributed by atoms with Crippen molar-refractivity contribution in [3.63, 3.8) is 0 Å². The molecule has 0 saturated carbocycles. The van der Waals surface area contributed by atoms with E-state index in [1.165, 1.54) is 20.3 Å². The van der Waals surface area contributed by atoms with Gasteiger partial charge in [-0.2, -0.15) is 0 Å². The van der Waals surface area contributed by atoms with Crippen LogP contribution < -0.4 is 4.74 Å². The van der Waals surface area contributed by atoms with E-state index in [0.29, 0.717) is 24.4 Å². The molecular weight excluding hydrogens is 591 g/mol. The molecule has 0 amide bonds. The average molecular weight is 633 g/mol. The van der Waals surface area contributed by atoms with E-state index >= 15 is 0 Å². The zero-order chi connectivity index (χ0) is 27.8. The van der Waals surface area contributed by atoms with E-state index in [1.54, 1.807) is 0 Å². The molecule has 4 aromatic rings. The molecule has 0 aromatic heterocycles. The Kier molecular flexibility index (Phi) is 10.3. The summed E-state index contributed by atoms with van der Waals surface area (Å²) < 4.78 is 7.27. The molecule has 3 unspecified atom stereocenters. The molecule has 0 saturated heterocycles. The second-order valence-corrected chi connectivity index (χ2v) is 13.0. The van der Waals surface area contributed by atoms with E-state index in [0.717, 1.165) is 29.7 Å². The maximum Gasteiger partial charge on any atom is 0.119 e. The van der Waals surface area contributed by atoms with Crippen LogP contribution in [0.25, 0.3) is 0 Å². The summed E-state index contributed by atoms with van der Waals surface area (Å²) >= 11 is 2.38. The van der Waals surface area contributed by atoms with Gasteiger partial charge in [0.2, 0.25) is 0 Å². The SMILES string of the molecule is CC(CC(CC(c1ccc(COc2ccc(CO)cc2)cc1)C(C)(C)C)c1ccccc1)c1ccc(I)cc1. The Morgan fingerprint density at radius 1 is 0.692 bits per heavy atom. The van der Waals surface area contributed by atoms with Gasteiger partial charge in [0.25, 0.3) is 0 Å². The van der Waals surface area contributed by atoms with Crippen LogP contribution >= 0.6 is 22.6 Å². The highest BCUT2D eigenvalue weighted by Gasteiger charge is 2.30. The lowest BCUT2D eigenvalue weighted by Crippen LogP contribution is -2.22. The summed E-state index contributed by atoms with van der Waals surface area (Å²) in [7, 11) is 0. The third-order valence-electron chi connectivity index (χ3n) is 7.81. The molecule has 2 nitrogen and oxygen atoms in total. The number of halogens is 1. The number of aliphatic hydroxyl groups excluding tert-OH is 1. The Morgan fingerprint density at radius 3 is 1.87 bits per heavy atom. The first-order valence-electron chi connectivity index (χ1n) is 13.9. The molecule has 1 N–H and O–H groups in total. The fourth-order valence-electron chi connectivity index (χ4n) is 5.43. The van der Waals surface area contributed by atoms with Gasteiger partial charge in [-0.25, -0.2) is 0 Å². The zero-order valence-electron chi connectivity index (χ0n) is 23.6. The van der Waals surface area contributed by atoms with Crippen molar-refractivity contribution in [1.82, 2.24) is 0 Å². The first-order chi connectivity index (χ1) is 18.7. The number of benzene rings is 4. The Morgan fingerprint density at radius 2 is 1.28 bits per heavy atom. The zero-order valence-corrected chi connectivity index (χ0v) is 25.8. The van der Waals surface area contributed by atoms with Crippen molar-refractivity contribution >= 4 is 22.6 Å². The van der Waals surface area contributed by atoms with Crippen molar-refractivity contribution in [2.24, 2.45) is 5.41 Å². The monoisotopic (exact) mass is 632 g/mol. The van der Waals surface area contributed by atoms with Gasteiger partial charge in [-0.05, 0) is 111 Å². The Bertz CT molecular complexity index is 1270. The van der Waals surface area contributed by atoms with Crippen LogP contribution in [0.15, 0.2) is 103 Å². The quantitative estimate of drug-likeness (QED) is 0.167. The van der Waals surface area contributed by atoms with Crippen LogP contribution in [-0.4, -0.2) is 5.11 Å². The minimum atomic E-state index is 0.0480. The predicted octanol–water partition coefficient (Wildman–Crippen LogP) is 9.86. The fourth-order valence-corrected chi connectivity index (χ4v) is 5.79. The van der Waals surface area contributed by atoms with Crippen LogP contribution in [0.3, 0.4) is 0 Å². The fraction of sp³-hybridized carbons (Fsp3) is 0.333. The topological polar surface area (TPSA) is 29.5 Å². The van der Waals surface area contributed by atoms with E-state index in [2.05, 4.69) is 129 Å². The van der Waals surface area contributed by atoms with E-state index in [1.807, 2.05) is 24.3 Å². The van der Waals surface area contributed by atoms with Crippen LogP contribution in [0.5, 0.6) is 5.75 Å². The molecule has 0 heterocycles. The number of aliphatic hydroxyl groups is 1. The van der Waals surface area contributed by atoms with Gasteiger partial charge in [0, 0.05) is 3.57 Å². The molecule has 3 heteroatoms. The van der Waals surface area contributed by atoms with Gasteiger partial charge in [-0.3, -0.25) is 0 Å². The summed E-state index contributed by atoms with van der Waals surface area (Å²) in [5.41, 5.74) is 6.42. The Balaban J connectivity index is 1.51. The Hall–Kier alpha value is -2.63. The number of rotatable bonds is 11. The number of hydrogen-bond donors (Lipinski definition) is 1. The summed E-state index contributed by atoms with van der Waals surface area (Å²) in [5.74, 6) is 2.19. The minimum Gasteiger partial charge on any atom is -0.489 e. The first kappa shape index (κ1) is 29.4. The molecule has 204 valence electrons. The van der Waals surface area contributed by atoms with E-state index in [9.17, 15) is 5.11 Å². The second-order valence-electron chi connectivity index (χ2n) is 11.8. The van der Waals surface area contributed by atoms with Crippen molar-refractivity contribution in [1.29, 1.82) is 0 Å². The molecule has 0 fully saturated rings. The summed E-state index contributed by atoms with van der Waals surface area (Å²) in [5, 5.41) is 9.25. The van der Waals surface area contributed by atoms with Gasteiger partial charge in [-0.1, -0.05) is 107 Å². The molecule has 0 aliphatic carbocycles. The highest BCUT2D eigenvalue weighted by molar-refractivity contribution is 14.1. The molecule has 0 radical (unpaired) electrons. The van der Waals surface area contributed by atoms with E-state index < -0.39 is 0 Å². The second kappa shape index (κ2) is 13.6. The lowest BCUT2D eigenvalue weighted by Gasteiger charge is -2.35. The number of ether oxygens (including phenoxy) is 1. The van der Waals surface area contributed by atoms with Gasteiger partial charge in [-0.15, -0.1) is 0 Å². The predicted molar refractivity (Wildman–Crippen MR) is 171 cm³/mol. The van der Waals surface area contributed by atoms with E-state index in [-0.39, 0.29) is 12.0 Å². The molecule has 39 heavy (non-hydrogen) atoms. The van der Waals surface area contributed by atoms with Crippen LogP contribution in [0.1, 0.15) is 86.1 Å². The minimum absolute atomic E-state index is 0.0480. The van der Waals surface area contributed by atoms with Crippen molar-refractivity contribution in [2.45, 2.75) is 71.5 Å². The smallest absolute Gasteiger partial charge is 0.119 e. The average Bonchev–Trinajstić information content (AvgIpc) is 2.95.